The molecule has 2 aliphatic rings. The van der Waals surface area contributed by atoms with Crippen LogP contribution in [0.15, 0.2) is 17.4 Å². The van der Waals surface area contributed by atoms with Gasteiger partial charge in [-0.05, 0) is 58.8 Å². The highest BCUT2D eigenvalue weighted by molar-refractivity contribution is 5.80. The van der Waals surface area contributed by atoms with Crippen molar-refractivity contribution in [3.63, 3.8) is 0 Å². The number of imidazole rings is 1. The Bertz CT molecular complexity index is 604. The molecule has 3 rings (SSSR count). The molecular formula is C22H39N5O2. The second-order valence-corrected chi connectivity index (χ2v) is 8.12. The third-order valence-corrected chi connectivity index (χ3v) is 5.86. The SMILES string of the molecule is CCNC(=NCCCCn1ccnc1C)N1CCC(OCC2CCCCO2)CC1. The van der Waals surface area contributed by atoms with Crippen molar-refractivity contribution in [1.29, 1.82) is 0 Å². The van der Waals surface area contributed by atoms with E-state index in [0.29, 0.717) is 12.2 Å². The Kier molecular flexibility index (Phi) is 9.28. The van der Waals surface area contributed by atoms with Gasteiger partial charge in [0.15, 0.2) is 5.96 Å². The lowest BCUT2D eigenvalue weighted by Gasteiger charge is -2.35. The third-order valence-electron chi connectivity index (χ3n) is 5.86. The first-order chi connectivity index (χ1) is 14.3. The van der Waals surface area contributed by atoms with Crippen molar-refractivity contribution in [2.75, 3.05) is 39.4 Å². The summed E-state index contributed by atoms with van der Waals surface area (Å²) >= 11 is 0. The summed E-state index contributed by atoms with van der Waals surface area (Å²) in [4.78, 5) is 11.5. The second kappa shape index (κ2) is 12.2. The van der Waals surface area contributed by atoms with Crippen molar-refractivity contribution >= 4 is 5.96 Å². The number of rotatable bonds is 9. The van der Waals surface area contributed by atoms with E-state index in [-0.39, 0.29) is 0 Å². The van der Waals surface area contributed by atoms with E-state index in [2.05, 4.69) is 39.8 Å². The number of unbranched alkanes of at least 4 members (excludes halogenated alkanes) is 1. The minimum Gasteiger partial charge on any atom is -0.376 e. The molecule has 1 N–H and O–H groups in total. The second-order valence-electron chi connectivity index (χ2n) is 8.12. The monoisotopic (exact) mass is 405 g/mol. The summed E-state index contributed by atoms with van der Waals surface area (Å²) in [5.74, 6) is 2.14. The molecule has 164 valence electrons. The minimum absolute atomic E-state index is 0.312. The molecule has 1 aromatic heterocycles. The lowest BCUT2D eigenvalue weighted by Crippen LogP contribution is -2.47. The molecule has 29 heavy (non-hydrogen) atoms. The van der Waals surface area contributed by atoms with Gasteiger partial charge in [-0.2, -0.15) is 0 Å². The largest absolute Gasteiger partial charge is 0.376 e. The van der Waals surface area contributed by atoms with Crippen LogP contribution in [0.5, 0.6) is 0 Å². The Hall–Kier alpha value is -1.60. The lowest BCUT2D eigenvalue weighted by molar-refractivity contribution is -0.0721. The summed E-state index contributed by atoms with van der Waals surface area (Å²) in [7, 11) is 0. The minimum atomic E-state index is 0.312. The highest BCUT2D eigenvalue weighted by Crippen LogP contribution is 2.18. The molecule has 1 aromatic rings. The van der Waals surface area contributed by atoms with Crippen molar-refractivity contribution in [2.45, 2.75) is 77.5 Å². The van der Waals surface area contributed by atoms with E-state index in [1.165, 1.54) is 12.8 Å². The summed E-state index contributed by atoms with van der Waals surface area (Å²) < 4.78 is 14.1. The number of hydrogen-bond donors (Lipinski definition) is 1. The fraction of sp³-hybridized carbons (Fsp3) is 0.818. The number of aryl methyl sites for hydroxylation is 2. The van der Waals surface area contributed by atoms with Gasteiger partial charge in [0, 0.05) is 51.7 Å². The van der Waals surface area contributed by atoms with E-state index in [0.717, 1.165) is 89.8 Å². The summed E-state index contributed by atoms with van der Waals surface area (Å²) in [5, 5.41) is 3.46. The fourth-order valence-corrected chi connectivity index (χ4v) is 4.06. The van der Waals surface area contributed by atoms with E-state index in [1.807, 2.05) is 6.20 Å². The standard InChI is InChI=1S/C22H39N5O2/c1-3-23-22(25-11-5-6-13-26-16-12-24-19(26)2)27-14-9-20(10-15-27)29-18-21-8-4-7-17-28-21/h12,16,20-21H,3-11,13-15,17-18H2,1-2H3,(H,23,25). The van der Waals surface area contributed by atoms with Gasteiger partial charge in [0.25, 0.3) is 0 Å². The van der Waals surface area contributed by atoms with E-state index >= 15 is 0 Å². The smallest absolute Gasteiger partial charge is 0.193 e. The molecule has 0 saturated carbocycles. The summed E-state index contributed by atoms with van der Waals surface area (Å²) in [6.45, 7) is 10.7. The predicted molar refractivity (Wildman–Crippen MR) is 116 cm³/mol. The molecule has 1 atom stereocenters. The molecular weight excluding hydrogens is 366 g/mol. The zero-order valence-electron chi connectivity index (χ0n) is 18.3. The number of ether oxygens (including phenoxy) is 2. The Morgan fingerprint density at radius 3 is 2.83 bits per heavy atom. The molecule has 2 fully saturated rings. The number of hydrogen-bond acceptors (Lipinski definition) is 4. The normalized spacial score (nSPS) is 21.5. The maximum atomic E-state index is 6.15. The third kappa shape index (κ3) is 7.30. The van der Waals surface area contributed by atoms with E-state index in [4.69, 9.17) is 14.5 Å². The number of aliphatic imine (C=N–C) groups is 1. The van der Waals surface area contributed by atoms with Crippen molar-refractivity contribution in [3.8, 4) is 0 Å². The van der Waals surface area contributed by atoms with E-state index < -0.39 is 0 Å². The molecule has 2 aliphatic heterocycles. The molecule has 3 heterocycles. The summed E-state index contributed by atoms with van der Waals surface area (Å²) in [5.41, 5.74) is 0. The predicted octanol–water partition coefficient (Wildman–Crippen LogP) is 2.99. The summed E-state index contributed by atoms with van der Waals surface area (Å²) in [6, 6.07) is 0. The molecule has 0 radical (unpaired) electrons. The van der Waals surface area contributed by atoms with Crippen LogP contribution in [0.25, 0.3) is 0 Å². The van der Waals surface area contributed by atoms with Gasteiger partial charge in [0.1, 0.15) is 5.82 Å². The molecule has 0 bridgehead atoms. The molecule has 2 saturated heterocycles. The number of likely N-dealkylation sites (tertiary alicyclic amines) is 1. The van der Waals surface area contributed by atoms with Crippen LogP contribution >= 0.6 is 0 Å². The van der Waals surface area contributed by atoms with E-state index in [9.17, 15) is 0 Å². The van der Waals surface area contributed by atoms with Gasteiger partial charge in [-0.25, -0.2) is 4.98 Å². The quantitative estimate of drug-likeness (QED) is 0.389. The molecule has 1 unspecified atom stereocenters. The maximum Gasteiger partial charge on any atom is 0.193 e. The topological polar surface area (TPSA) is 63.9 Å². The number of nitrogens with zero attached hydrogens (tertiary/aromatic N) is 4. The zero-order chi connectivity index (χ0) is 20.3. The van der Waals surface area contributed by atoms with Crippen molar-refractivity contribution in [1.82, 2.24) is 19.8 Å². The molecule has 0 aromatic carbocycles. The first-order valence-electron chi connectivity index (χ1n) is 11.5. The zero-order valence-corrected chi connectivity index (χ0v) is 18.3. The Labute approximate surface area is 175 Å². The van der Waals surface area contributed by atoms with Crippen LogP contribution in [-0.4, -0.2) is 72.0 Å². The number of piperidine rings is 1. The van der Waals surface area contributed by atoms with Gasteiger partial charge in [0.2, 0.25) is 0 Å². The van der Waals surface area contributed by atoms with Crippen LogP contribution in [0.4, 0.5) is 0 Å². The Morgan fingerprint density at radius 1 is 1.28 bits per heavy atom. The highest BCUT2D eigenvalue weighted by atomic mass is 16.5. The number of nitrogens with one attached hydrogen (secondary N) is 1. The summed E-state index contributed by atoms with van der Waals surface area (Å²) in [6.07, 6.45) is 12.6. The average Bonchev–Trinajstić information content (AvgIpc) is 3.17. The lowest BCUT2D eigenvalue weighted by atomic mass is 10.1. The Balaban J connectivity index is 1.35. The average molecular weight is 406 g/mol. The molecule has 7 nitrogen and oxygen atoms in total. The fourth-order valence-electron chi connectivity index (χ4n) is 4.06. The van der Waals surface area contributed by atoms with Gasteiger partial charge in [0.05, 0.1) is 18.8 Å². The molecule has 0 amide bonds. The van der Waals surface area contributed by atoms with Crippen LogP contribution in [0.2, 0.25) is 0 Å². The van der Waals surface area contributed by atoms with Crippen molar-refractivity contribution in [2.24, 2.45) is 4.99 Å². The van der Waals surface area contributed by atoms with E-state index in [1.54, 1.807) is 0 Å². The first-order valence-corrected chi connectivity index (χ1v) is 11.5. The van der Waals surface area contributed by atoms with Gasteiger partial charge < -0.3 is 24.3 Å². The highest BCUT2D eigenvalue weighted by Gasteiger charge is 2.23. The number of guanidine groups is 1. The molecule has 0 spiro atoms. The van der Waals surface area contributed by atoms with Crippen LogP contribution < -0.4 is 5.32 Å². The number of aromatic nitrogens is 2. The van der Waals surface area contributed by atoms with Crippen LogP contribution in [0.1, 0.15) is 57.7 Å². The Morgan fingerprint density at radius 2 is 2.14 bits per heavy atom. The van der Waals surface area contributed by atoms with Crippen LogP contribution in [0, 0.1) is 6.92 Å². The van der Waals surface area contributed by atoms with Gasteiger partial charge >= 0.3 is 0 Å². The van der Waals surface area contributed by atoms with Crippen LogP contribution in [-0.2, 0) is 16.0 Å². The first kappa shape index (κ1) is 22.1. The maximum absolute atomic E-state index is 6.15. The van der Waals surface area contributed by atoms with Crippen molar-refractivity contribution in [3.05, 3.63) is 18.2 Å². The van der Waals surface area contributed by atoms with Gasteiger partial charge in [-0.3, -0.25) is 4.99 Å². The van der Waals surface area contributed by atoms with Gasteiger partial charge in [-0.1, -0.05) is 0 Å². The molecule has 7 heteroatoms. The molecule has 0 aliphatic carbocycles. The van der Waals surface area contributed by atoms with Crippen molar-refractivity contribution < 1.29 is 9.47 Å². The van der Waals surface area contributed by atoms with Crippen LogP contribution in [0.3, 0.4) is 0 Å². The van der Waals surface area contributed by atoms with Gasteiger partial charge in [-0.15, -0.1) is 0 Å².